The van der Waals surface area contributed by atoms with Gasteiger partial charge < -0.3 is 9.47 Å². The average molecular weight is 377 g/mol. The van der Waals surface area contributed by atoms with Gasteiger partial charge in [-0.2, -0.15) is 5.21 Å². The molecule has 2 aliphatic rings. The molecule has 1 atom stereocenters. The Morgan fingerprint density at radius 2 is 2.18 bits per heavy atom. The van der Waals surface area contributed by atoms with Crippen LogP contribution >= 0.6 is 0 Å². The number of hydrogen-bond donors (Lipinski definition) is 1. The van der Waals surface area contributed by atoms with Crippen molar-refractivity contribution in [3.63, 3.8) is 0 Å². The fraction of sp³-hybridized carbons (Fsp3) is 0.450. The SMILES string of the molecule is O=C(c1ccc2c(c1)ncn2CCc1nn[nH]n1)N1CCCC2CCCC=C21. The molecule has 1 unspecified atom stereocenters. The van der Waals surface area contributed by atoms with Crippen molar-refractivity contribution < 1.29 is 4.79 Å². The smallest absolute Gasteiger partial charge is 0.258 e. The zero-order chi connectivity index (χ0) is 18.9. The number of allylic oxidation sites excluding steroid dienone is 2. The quantitative estimate of drug-likeness (QED) is 0.755. The first-order valence-corrected chi connectivity index (χ1v) is 9.99. The first-order valence-electron chi connectivity index (χ1n) is 9.99. The fourth-order valence-electron chi connectivity index (χ4n) is 4.43. The lowest BCUT2D eigenvalue weighted by molar-refractivity contribution is 0.0749. The molecule has 0 spiro atoms. The van der Waals surface area contributed by atoms with E-state index in [1.54, 1.807) is 6.33 Å². The minimum Gasteiger partial charge on any atom is -0.330 e. The van der Waals surface area contributed by atoms with Gasteiger partial charge in [0.25, 0.3) is 5.91 Å². The van der Waals surface area contributed by atoms with Gasteiger partial charge in [0.05, 0.1) is 17.4 Å². The number of hydrogen-bond acceptors (Lipinski definition) is 5. The van der Waals surface area contributed by atoms with Gasteiger partial charge in [0, 0.05) is 30.8 Å². The van der Waals surface area contributed by atoms with Crippen LogP contribution < -0.4 is 0 Å². The summed E-state index contributed by atoms with van der Waals surface area (Å²) in [6, 6.07) is 5.82. The average Bonchev–Trinajstić information content (AvgIpc) is 3.40. The summed E-state index contributed by atoms with van der Waals surface area (Å²) in [4.78, 5) is 19.7. The third-order valence-electron chi connectivity index (χ3n) is 5.85. The van der Waals surface area contributed by atoms with Crippen molar-refractivity contribution in [2.75, 3.05) is 6.54 Å². The number of amides is 1. The number of nitrogens with zero attached hydrogens (tertiary/aromatic N) is 6. The van der Waals surface area contributed by atoms with Crippen LogP contribution in [0.4, 0.5) is 0 Å². The Morgan fingerprint density at radius 3 is 3.07 bits per heavy atom. The molecule has 1 N–H and O–H groups in total. The molecule has 0 radical (unpaired) electrons. The maximum Gasteiger partial charge on any atom is 0.258 e. The van der Waals surface area contributed by atoms with E-state index in [0.717, 1.165) is 30.4 Å². The molecule has 8 heteroatoms. The van der Waals surface area contributed by atoms with Crippen LogP contribution in [0.15, 0.2) is 36.3 Å². The number of benzene rings is 1. The second kappa shape index (κ2) is 7.18. The Balaban J connectivity index is 1.37. The molecule has 8 nitrogen and oxygen atoms in total. The molecule has 1 saturated heterocycles. The number of H-pyrrole nitrogens is 1. The Morgan fingerprint density at radius 1 is 1.25 bits per heavy atom. The number of tetrazole rings is 1. The van der Waals surface area contributed by atoms with E-state index in [1.807, 2.05) is 23.1 Å². The molecule has 1 aliphatic carbocycles. The highest BCUT2D eigenvalue weighted by atomic mass is 16.2. The van der Waals surface area contributed by atoms with Gasteiger partial charge in [0.1, 0.15) is 0 Å². The Hall–Kier alpha value is -3.03. The van der Waals surface area contributed by atoms with Crippen LogP contribution in [0.5, 0.6) is 0 Å². The molecular weight excluding hydrogens is 354 g/mol. The van der Waals surface area contributed by atoms with Crippen LogP contribution in [-0.4, -0.2) is 47.5 Å². The molecule has 3 aromatic rings. The van der Waals surface area contributed by atoms with Crippen LogP contribution in [0, 0.1) is 5.92 Å². The number of aromatic amines is 1. The lowest BCUT2D eigenvalue weighted by Crippen LogP contribution is -2.38. The minimum atomic E-state index is 0.0982. The minimum absolute atomic E-state index is 0.0982. The van der Waals surface area contributed by atoms with E-state index < -0.39 is 0 Å². The number of aryl methyl sites for hydroxylation is 2. The summed E-state index contributed by atoms with van der Waals surface area (Å²) in [6.07, 6.45) is 10.6. The van der Waals surface area contributed by atoms with E-state index in [9.17, 15) is 4.79 Å². The Labute approximate surface area is 162 Å². The molecule has 1 fully saturated rings. The number of piperidine rings is 1. The molecule has 1 aliphatic heterocycles. The van der Waals surface area contributed by atoms with Crippen molar-refractivity contribution in [2.24, 2.45) is 5.92 Å². The van der Waals surface area contributed by atoms with Crippen LogP contribution in [-0.2, 0) is 13.0 Å². The maximum absolute atomic E-state index is 13.2. The summed E-state index contributed by atoms with van der Waals surface area (Å²) >= 11 is 0. The number of nitrogens with one attached hydrogen (secondary N) is 1. The number of rotatable bonds is 4. The number of imidazole rings is 1. The van der Waals surface area contributed by atoms with Gasteiger partial charge in [-0.05, 0) is 56.2 Å². The molecule has 28 heavy (non-hydrogen) atoms. The second-order valence-corrected chi connectivity index (χ2v) is 7.58. The van der Waals surface area contributed by atoms with Crippen molar-refractivity contribution in [2.45, 2.75) is 45.1 Å². The molecule has 1 aromatic carbocycles. The maximum atomic E-state index is 13.2. The van der Waals surface area contributed by atoms with Gasteiger partial charge in [-0.1, -0.05) is 11.3 Å². The highest BCUT2D eigenvalue weighted by Gasteiger charge is 2.30. The van der Waals surface area contributed by atoms with Crippen molar-refractivity contribution in [3.8, 4) is 0 Å². The first-order chi connectivity index (χ1) is 13.8. The molecule has 5 rings (SSSR count). The highest BCUT2D eigenvalue weighted by Crippen LogP contribution is 2.35. The van der Waals surface area contributed by atoms with E-state index in [1.165, 1.54) is 25.0 Å². The van der Waals surface area contributed by atoms with Gasteiger partial charge in [0.15, 0.2) is 5.82 Å². The molecule has 0 bridgehead atoms. The van der Waals surface area contributed by atoms with Crippen LogP contribution in [0.3, 0.4) is 0 Å². The standard InChI is InChI=1S/C20H23N7O/c28-20(27-10-3-5-14-4-1-2-6-17(14)27)15-7-8-18-16(12-15)21-13-26(18)11-9-19-22-24-25-23-19/h6-8,12-14H,1-5,9-11H2,(H,22,23,24,25). The highest BCUT2D eigenvalue weighted by molar-refractivity contribution is 5.98. The van der Waals surface area contributed by atoms with Gasteiger partial charge in [-0.3, -0.25) is 4.79 Å². The third kappa shape index (κ3) is 3.08. The first kappa shape index (κ1) is 17.1. The fourth-order valence-corrected chi connectivity index (χ4v) is 4.43. The van der Waals surface area contributed by atoms with E-state index in [-0.39, 0.29) is 5.91 Å². The van der Waals surface area contributed by atoms with Gasteiger partial charge in [-0.25, -0.2) is 4.98 Å². The molecule has 144 valence electrons. The summed E-state index contributed by atoms with van der Waals surface area (Å²) < 4.78 is 2.06. The lowest BCUT2D eigenvalue weighted by atomic mass is 9.84. The third-order valence-corrected chi connectivity index (χ3v) is 5.85. The van der Waals surface area contributed by atoms with E-state index in [0.29, 0.717) is 30.3 Å². The summed E-state index contributed by atoms with van der Waals surface area (Å²) in [6.45, 7) is 1.53. The topological polar surface area (TPSA) is 92.6 Å². The van der Waals surface area contributed by atoms with Crippen molar-refractivity contribution in [1.82, 2.24) is 35.1 Å². The predicted molar refractivity (Wildman–Crippen MR) is 103 cm³/mol. The van der Waals surface area contributed by atoms with E-state index >= 15 is 0 Å². The second-order valence-electron chi connectivity index (χ2n) is 7.58. The van der Waals surface area contributed by atoms with Crippen molar-refractivity contribution >= 4 is 16.9 Å². The van der Waals surface area contributed by atoms with Gasteiger partial charge >= 0.3 is 0 Å². The van der Waals surface area contributed by atoms with E-state index in [2.05, 4.69) is 36.3 Å². The van der Waals surface area contributed by atoms with Crippen molar-refractivity contribution in [1.29, 1.82) is 0 Å². The van der Waals surface area contributed by atoms with Crippen LogP contribution in [0.1, 0.15) is 48.3 Å². The largest absolute Gasteiger partial charge is 0.330 e. The monoisotopic (exact) mass is 377 g/mol. The number of carbonyl (C=O) groups is 1. The number of likely N-dealkylation sites (tertiary alicyclic amines) is 1. The number of aromatic nitrogens is 6. The summed E-state index contributed by atoms with van der Waals surface area (Å²) in [7, 11) is 0. The van der Waals surface area contributed by atoms with Crippen LogP contribution in [0.2, 0.25) is 0 Å². The van der Waals surface area contributed by atoms with Crippen LogP contribution in [0.25, 0.3) is 11.0 Å². The molecule has 3 heterocycles. The van der Waals surface area contributed by atoms with E-state index in [4.69, 9.17) is 0 Å². The molecule has 1 amide bonds. The summed E-state index contributed by atoms with van der Waals surface area (Å²) in [5.41, 5.74) is 3.80. The summed E-state index contributed by atoms with van der Waals surface area (Å²) in [5.74, 6) is 1.33. The zero-order valence-corrected chi connectivity index (χ0v) is 15.7. The van der Waals surface area contributed by atoms with Crippen molar-refractivity contribution in [3.05, 3.63) is 47.7 Å². The Kier molecular flexibility index (Phi) is 4.38. The summed E-state index contributed by atoms with van der Waals surface area (Å²) in [5, 5.41) is 14.0. The van der Waals surface area contributed by atoms with Gasteiger partial charge in [0.2, 0.25) is 0 Å². The number of fused-ring (bicyclic) bond motifs is 2. The number of carbonyl (C=O) groups excluding carboxylic acids is 1. The Bertz CT molecular complexity index is 1020. The lowest BCUT2D eigenvalue weighted by Gasteiger charge is -2.38. The zero-order valence-electron chi connectivity index (χ0n) is 15.7. The van der Waals surface area contributed by atoms with Gasteiger partial charge in [-0.15, -0.1) is 10.2 Å². The molecular formula is C20H23N7O. The predicted octanol–water partition coefficient (Wildman–Crippen LogP) is 2.71. The normalized spacial score (nSPS) is 19.5. The molecule has 0 saturated carbocycles. The molecule has 2 aromatic heterocycles.